The highest BCUT2D eigenvalue weighted by Crippen LogP contribution is 2.25. The molecule has 0 aliphatic carbocycles. The van der Waals surface area contributed by atoms with Crippen LogP contribution in [0.4, 0.5) is 5.69 Å². The number of nitrogens with zero attached hydrogens (tertiary/aromatic N) is 4. The molecule has 7 nitrogen and oxygen atoms in total. The van der Waals surface area contributed by atoms with Gasteiger partial charge in [0.05, 0.1) is 34.1 Å². The Morgan fingerprint density at radius 2 is 1.93 bits per heavy atom. The summed E-state index contributed by atoms with van der Waals surface area (Å²) in [7, 11) is 1.67. The number of hydrogen-bond acceptors (Lipinski definition) is 4. The van der Waals surface area contributed by atoms with Gasteiger partial charge in [-0.05, 0) is 43.7 Å². The predicted octanol–water partition coefficient (Wildman–Crippen LogP) is 4.58. The maximum Gasteiger partial charge on any atom is 0.269 e. The Hall–Kier alpha value is -3.19. The number of halogens is 1. The first-order valence-corrected chi connectivity index (χ1v) is 8.99. The van der Waals surface area contributed by atoms with Crippen LogP contribution in [0.25, 0.3) is 5.69 Å². The quantitative estimate of drug-likeness (QED) is 0.465. The molecule has 0 saturated heterocycles. The van der Waals surface area contributed by atoms with Gasteiger partial charge in [0.1, 0.15) is 0 Å². The van der Waals surface area contributed by atoms with Crippen LogP contribution in [-0.4, -0.2) is 32.6 Å². The van der Waals surface area contributed by atoms with E-state index in [0.29, 0.717) is 21.8 Å². The highest BCUT2D eigenvalue weighted by molar-refractivity contribution is 6.30. The molecule has 8 heteroatoms. The van der Waals surface area contributed by atoms with Crippen molar-refractivity contribution in [2.24, 2.45) is 0 Å². The lowest BCUT2D eigenvalue weighted by Crippen LogP contribution is -2.30. The van der Waals surface area contributed by atoms with Crippen molar-refractivity contribution >= 4 is 23.2 Å². The smallest absolute Gasteiger partial charge is 0.269 e. The van der Waals surface area contributed by atoms with Crippen LogP contribution in [0.5, 0.6) is 0 Å². The average Bonchev–Trinajstić information content (AvgIpc) is 3.08. The Morgan fingerprint density at radius 1 is 1.25 bits per heavy atom. The molecule has 0 spiro atoms. The van der Waals surface area contributed by atoms with Crippen molar-refractivity contribution in [3.8, 4) is 5.69 Å². The van der Waals surface area contributed by atoms with E-state index < -0.39 is 4.92 Å². The third-order valence-corrected chi connectivity index (χ3v) is 5.03. The Labute approximate surface area is 167 Å². The Morgan fingerprint density at radius 3 is 2.57 bits per heavy atom. The number of benzene rings is 2. The van der Waals surface area contributed by atoms with Crippen molar-refractivity contribution in [1.82, 2.24) is 14.7 Å². The van der Waals surface area contributed by atoms with Crippen molar-refractivity contribution in [3.05, 3.63) is 86.7 Å². The number of non-ortho nitro benzene ring substituents is 1. The van der Waals surface area contributed by atoms with Gasteiger partial charge in [-0.2, -0.15) is 5.10 Å². The second-order valence-corrected chi connectivity index (χ2v) is 6.91. The summed E-state index contributed by atoms with van der Waals surface area (Å²) in [6.45, 7) is 3.65. The van der Waals surface area contributed by atoms with E-state index in [4.69, 9.17) is 11.6 Å². The van der Waals surface area contributed by atoms with E-state index in [1.165, 1.54) is 18.3 Å². The van der Waals surface area contributed by atoms with Gasteiger partial charge in [-0.25, -0.2) is 4.68 Å². The molecule has 0 fully saturated rings. The fourth-order valence-corrected chi connectivity index (χ4v) is 3.08. The minimum absolute atomic E-state index is 0.00284. The van der Waals surface area contributed by atoms with Gasteiger partial charge in [0.2, 0.25) is 0 Å². The number of amides is 1. The van der Waals surface area contributed by atoms with Gasteiger partial charge in [0.25, 0.3) is 11.6 Å². The molecule has 1 amide bonds. The van der Waals surface area contributed by atoms with E-state index in [9.17, 15) is 14.9 Å². The molecule has 0 radical (unpaired) electrons. The molecule has 1 aromatic heterocycles. The van der Waals surface area contributed by atoms with Crippen LogP contribution in [0.3, 0.4) is 0 Å². The lowest BCUT2D eigenvalue weighted by atomic mass is 10.1. The summed E-state index contributed by atoms with van der Waals surface area (Å²) in [5.74, 6) is -0.211. The van der Waals surface area contributed by atoms with E-state index in [0.717, 1.165) is 5.69 Å². The topological polar surface area (TPSA) is 81.3 Å². The lowest BCUT2D eigenvalue weighted by molar-refractivity contribution is -0.384. The van der Waals surface area contributed by atoms with Gasteiger partial charge >= 0.3 is 0 Å². The van der Waals surface area contributed by atoms with E-state index in [-0.39, 0.29) is 17.6 Å². The van der Waals surface area contributed by atoms with E-state index >= 15 is 0 Å². The third kappa shape index (κ3) is 3.75. The van der Waals surface area contributed by atoms with Gasteiger partial charge in [-0.3, -0.25) is 14.9 Å². The molecule has 28 heavy (non-hydrogen) atoms. The molecule has 0 N–H and O–H groups in total. The molecule has 0 saturated carbocycles. The van der Waals surface area contributed by atoms with Crippen LogP contribution in [0.15, 0.2) is 54.7 Å². The zero-order chi connectivity index (χ0) is 20.4. The number of aromatic nitrogens is 2. The zero-order valence-corrected chi connectivity index (χ0v) is 16.4. The zero-order valence-electron chi connectivity index (χ0n) is 15.7. The van der Waals surface area contributed by atoms with Crippen LogP contribution in [0, 0.1) is 17.0 Å². The van der Waals surface area contributed by atoms with Crippen LogP contribution < -0.4 is 0 Å². The van der Waals surface area contributed by atoms with E-state index in [1.807, 2.05) is 26.0 Å². The maximum absolute atomic E-state index is 13.0. The number of carbonyl (C=O) groups excluding carboxylic acids is 1. The second kappa shape index (κ2) is 7.82. The summed E-state index contributed by atoms with van der Waals surface area (Å²) in [6.07, 6.45) is 1.53. The minimum Gasteiger partial charge on any atom is -0.335 e. The fraction of sp³-hybridized carbons (Fsp3) is 0.200. The molecule has 1 unspecified atom stereocenters. The summed E-state index contributed by atoms with van der Waals surface area (Å²) >= 11 is 5.93. The van der Waals surface area contributed by atoms with Gasteiger partial charge < -0.3 is 4.90 Å². The van der Waals surface area contributed by atoms with Gasteiger partial charge in [-0.15, -0.1) is 0 Å². The van der Waals surface area contributed by atoms with Gasteiger partial charge in [0.15, 0.2) is 0 Å². The van der Waals surface area contributed by atoms with E-state index in [2.05, 4.69) is 5.10 Å². The Kier molecular flexibility index (Phi) is 5.46. The summed E-state index contributed by atoms with van der Waals surface area (Å²) < 4.78 is 1.68. The third-order valence-electron chi connectivity index (χ3n) is 4.78. The normalized spacial score (nSPS) is 11.9. The first-order valence-electron chi connectivity index (χ1n) is 8.61. The maximum atomic E-state index is 13.0. The van der Waals surface area contributed by atoms with Crippen LogP contribution >= 0.6 is 11.6 Å². The van der Waals surface area contributed by atoms with Crippen molar-refractivity contribution < 1.29 is 9.72 Å². The summed E-state index contributed by atoms with van der Waals surface area (Å²) in [5, 5.41) is 16.0. The largest absolute Gasteiger partial charge is 0.335 e. The fourth-order valence-electron chi connectivity index (χ4n) is 2.95. The monoisotopic (exact) mass is 398 g/mol. The molecular formula is C20H19ClN4O3. The van der Waals surface area contributed by atoms with Crippen LogP contribution in [0.2, 0.25) is 5.02 Å². The van der Waals surface area contributed by atoms with Crippen molar-refractivity contribution in [3.63, 3.8) is 0 Å². The molecular weight excluding hydrogens is 380 g/mol. The van der Waals surface area contributed by atoms with E-state index in [1.54, 1.807) is 40.9 Å². The molecule has 0 aliphatic rings. The highest BCUT2D eigenvalue weighted by Gasteiger charge is 2.24. The minimum atomic E-state index is -0.446. The summed E-state index contributed by atoms with van der Waals surface area (Å²) in [5.41, 5.74) is 2.65. The van der Waals surface area contributed by atoms with Crippen LogP contribution in [0.1, 0.15) is 34.6 Å². The average molecular weight is 399 g/mol. The Balaban J connectivity index is 1.86. The highest BCUT2D eigenvalue weighted by atomic mass is 35.5. The lowest BCUT2D eigenvalue weighted by Gasteiger charge is -2.25. The molecule has 1 atom stereocenters. The first kappa shape index (κ1) is 19.6. The standard InChI is InChI=1S/C20H19ClN4O3/c1-13(15-5-4-6-18(11-15)25(27)28)23(3)20(26)19-12-22-24(14(19)2)17-9-7-16(21)8-10-17/h4-13H,1-3H3. The summed E-state index contributed by atoms with van der Waals surface area (Å²) in [4.78, 5) is 25.1. The molecule has 3 aromatic rings. The number of hydrogen-bond donors (Lipinski definition) is 0. The van der Waals surface area contributed by atoms with Crippen molar-refractivity contribution in [2.45, 2.75) is 19.9 Å². The number of rotatable bonds is 5. The Bertz CT molecular complexity index is 1030. The van der Waals surface area contributed by atoms with Gasteiger partial charge in [-0.1, -0.05) is 23.7 Å². The van der Waals surface area contributed by atoms with Crippen LogP contribution in [-0.2, 0) is 0 Å². The van der Waals surface area contributed by atoms with Crippen molar-refractivity contribution in [1.29, 1.82) is 0 Å². The second-order valence-electron chi connectivity index (χ2n) is 6.48. The number of nitro benzene ring substituents is 1. The molecule has 2 aromatic carbocycles. The first-order chi connectivity index (χ1) is 13.3. The SMILES string of the molecule is Cc1c(C(=O)N(C)C(C)c2cccc([N+](=O)[O-])c2)cnn1-c1ccc(Cl)cc1. The number of carbonyl (C=O) groups is 1. The number of nitro groups is 1. The molecule has 1 heterocycles. The molecule has 0 bridgehead atoms. The van der Waals surface area contributed by atoms with Crippen molar-refractivity contribution in [2.75, 3.05) is 7.05 Å². The summed E-state index contributed by atoms with van der Waals surface area (Å²) in [6, 6.07) is 13.1. The molecule has 3 rings (SSSR count). The van der Waals surface area contributed by atoms with Gasteiger partial charge in [0, 0.05) is 24.2 Å². The molecule has 0 aliphatic heterocycles. The predicted molar refractivity (Wildman–Crippen MR) is 107 cm³/mol. The molecule has 144 valence electrons.